The summed E-state index contributed by atoms with van der Waals surface area (Å²) in [6, 6.07) is 0. The fraction of sp³-hybridized carbons (Fsp3) is 0.778. The molecule has 1 heterocycles. The summed E-state index contributed by atoms with van der Waals surface area (Å²) in [5.41, 5.74) is 0.524. The predicted molar refractivity (Wildman–Crippen MR) is 126 cm³/mol. The van der Waals surface area contributed by atoms with Gasteiger partial charge in [-0.3, -0.25) is 9.59 Å². The van der Waals surface area contributed by atoms with Crippen LogP contribution in [0.4, 0.5) is 0 Å². The lowest BCUT2D eigenvalue weighted by atomic mass is 9.66. The van der Waals surface area contributed by atoms with Crippen molar-refractivity contribution in [3.8, 4) is 0 Å². The minimum atomic E-state index is -0.635. The smallest absolute Gasteiger partial charge is 0.312 e. The highest BCUT2D eigenvalue weighted by molar-refractivity contribution is 5.76. The maximum atomic E-state index is 13.3. The maximum absolute atomic E-state index is 13.3. The van der Waals surface area contributed by atoms with Gasteiger partial charge < -0.3 is 19.7 Å². The average molecular weight is 463 g/mol. The number of allylic oxidation sites excluding steroid dienone is 2. The molecular weight excluding hydrogens is 420 g/mol. The summed E-state index contributed by atoms with van der Waals surface area (Å²) in [6.45, 7) is 8.35. The van der Waals surface area contributed by atoms with Gasteiger partial charge in [0, 0.05) is 18.8 Å². The van der Waals surface area contributed by atoms with Crippen molar-refractivity contribution in [2.24, 2.45) is 23.2 Å². The van der Waals surface area contributed by atoms with E-state index in [9.17, 15) is 19.8 Å². The lowest BCUT2D eigenvalue weighted by molar-refractivity contribution is -0.168. The Morgan fingerprint density at radius 1 is 1.18 bits per heavy atom. The molecule has 0 aromatic carbocycles. The third-order valence-electron chi connectivity index (χ3n) is 7.79. The Hall–Kier alpha value is -1.66. The van der Waals surface area contributed by atoms with Gasteiger partial charge in [-0.2, -0.15) is 0 Å². The summed E-state index contributed by atoms with van der Waals surface area (Å²) in [6.07, 6.45) is 10.0. The molecule has 1 fully saturated rings. The molecule has 0 saturated carbocycles. The van der Waals surface area contributed by atoms with Gasteiger partial charge in [0.2, 0.25) is 0 Å². The number of esters is 2. The van der Waals surface area contributed by atoms with Crippen LogP contribution in [0, 0.1) is 23.2 Å². The van der Waals surface area contributed by atoms with Crippen LogP contribution < -0.4 is 0 Å². The second kappa shape index (κ2) is 11.2. The number of hydrogen-bond acceptors (Lipinski definition) is 6. The Kier molecular flexibility index (Phi) is 8.79. The largest absolute Gasteiger partial charge is 0.462 e. The van der Waals surface area contributed by atoms with E-state index in [1.807, 2.05) is 13.0 Å². The van der Waals surface area contributed by atoms with Crippen molar-refractivity contribution >= 4 is 11.9 Å². The first-order valence-corrected chi connectivity index (χ1v) is 12.8. The van der Waals surface area contributed by atoms with Crippen molar-refractivity contribution in [2.75, 3.05) is 0 Å². The Bertz CT molecular complexity index is 750. The van der Waals surface area contributed by atoms with E-state index in [0.29, 0.717) is 19.3 Å². The molecule has 6 heteroatoms. The van der Waals surface area contributed by atoms with E-state index >= 15 is 0 Å². The van der Waals surface area contributed by atoms with Crippen LogP contribution in [0.3, 0.4) is 0 Å². The van der Waals surface area contributed by atoms with Gasteiger partial charge in [0.1, 0.15) is 12.2 Å². The van der Waals surface area contributed by atoms with E-state index in [2.05, 4.69) is 32.9 Å². The first-order valence-electron chi connectivity index (χ1n) is 12.8. The summed E-state index contributed by atoms with van der Waals surface area (Å²) in [7, 11) is 0. The number of aliphatic hydroxyl groups excluding tert-OH is 2. The third-order valence-corrected chi connectivity index (χ3v) is 7.79. The zero-order valence-corrected chi connectivity index (χ0v) is 20.7. The fourth-order valence-corrected chi connectivity index (χ4v) is 6.12. The van der Waals surface area contributed by atoms with E-state index in [1.54, 1.807) is 0 Å². The molecule has 3 aliphatic rings. The number of aliphatic hydroxyl groups is 2. The first-order chi connectivity index (χ1) is 15.7. The number of carbonyl (C=O) groups is 2. The van der Waals surface area contributed by atoms with Crippen LogP contribution >= 0.6 is 0 Å². The van der Waals surface area contributed by atoms with Crippen LogP contribution in [0.15, 0.2) is 23.8 Å². The van der Waals surface area contributed by atoms with E-state index in [4.69, 9.17) is 9.47 Å². The van der Waals surface area contributed by atoms with Crippen LogP contribution in [0.2, 0.25) is 0 Å². The topological polar surface area (TPSA) is 93.1 Å². The minimum Gasteiger partial charge on any atom is -0.462 e. The van der Waals surface area contributed by atoms with E-state index in [-0.39, 0.29) is 48.3 Å². The molecule has 2 N–H and O–H groups in total. The van der Waals surface area contributed by atoms with Gasteiger partial charge in [-0.25, -0.2) is 0 Å². The van der Waals surface area contributed by atoms with Crippen LogP contribution in [-0.2, 0) is 19.1 Å². The molecule has 7 atom stereocenters. The van der Waals surface area contributed by atoms with Crippen molar-refractivity contribution in [1.29, 1.82) is 0 Å². The molecule has 0 bridgehead atoms. The summed E-state index contributed by atoms with van der Waals surface area (Å²) in [5, 5.41) is 20.5. The average Bonchev–Trinajstić information content (AvgIpc) is 2.72. The van der Waals surface area contributed by atoms with Gasteiger partial charge in [-0.1, -0.05) is 51.8 Å². The number of carbonyl (C=O) groups excluding carboxylic acids is 2. The Morgan fingerprint density at radius 3 is 2.52 bits per heavy atom. The number of fused-ring (bicyclic) bond motifs is 1. The summed E-state index contributed by atoms with van der Waals surface area (Å²) < 4.78 is 11.7. The zero-order chi connectivity index (χ0) is 24.2. The lowest BCUT2D eigenvalue weighted by Crippen LogP contribution is -2.45. The van der Waals surface area contributed by atoms with Crippen molar-refractivity contribution in [3.05, 3.63) is 23.8 Å². The molecule has 0 radical (unpaired) electrons. The molecule has 3 rings (SSSR count). The van der Waals surface area contributed by atoms with E-state index < -0.39 is 17.6 Å². The fourth-order valence-electron chi connectivity index (χ4n) is 6.12. The highest BCUT2D eigenvalue weighted by Gasteiger charge is 2.44. The minimum absolute atomic E-state index is 0.00840. The Labute approximate surface area is 198 Å². The van der Waals surface area contributed by atoms with Crippen molar-refractivity contribution in [1.82, 2.24) is 0 Å². The van der Waals surface area contributed by atoms with Gasteiger partial charge in [0.15, 0.2) is 0 Å². The van der Waals surface area contributed by atoms with E-state index in [1.165, 1.54) is 0 Å². The number of ether oxygens (including phenoxy) is 2. The van der Waals surface area contributed by atoms with Crippen LogP contribution in [0.1, 0.15) is 85.5 Å². The maximum Gasteiger partial charge on any atom is 0.312 e. The van der Waals surface area contributed by atoms with Gasteiger partial charge in [-0.05, 0) is 50.0 Å². The molecule has 0 spiro atoms. The van der Waals surface area contributed by atoms with Crippen molar-refractivity contribution in [2.45, 2.75) is 110 Å². The molecule has 0 aromatic heterocycles. The highest BCUT2D eigenvalue weighted by Crippen LogP contribution is 2.45. The molecule has 2 aliphatic carbocycles. The summed E-state index contributed by atoms with van der Waals surface area (Å²) in [4.78, 5) is 25.1. The van der Waals surface area contributed by atoms with Crippen LogP contribution in [-0.4, -0.2) is 46.6 Å². The quantitative estimate of drug-likeness (QED) is 0.491. The SMILES string of the molecule is CCCC(C)(CCC)C(=O)O[C@@H]1C[C@H](O)C=C2C=C[C@H](C)[C@H](CC[C@@H]3C[C@@H](O)CC(=O)O3)C21. The summed E-state index contributed by atoms with van der Waals surface area (Å²) >= 11 is 0. The molecule has 1 aliphatic heterocycles. The van der Waals surface area contributed by atoms with Gasteiger partial charge in [0.05, 0.1) is 24.0 Å². The zero-order valence-electron chi connectivity index (χ0n) is 20.7. The molecular formula is C27H42O6. The standard InChI is InChI=1S/C27H42O6/c1-5-11-27(4,12-6-2)26(31)33-23-15-19(28)13-18-8-7-17(3)22(25(18)23)10-9-21-14-20(29)16-24(30)32-21/h7-8,13,17,19-23,25,28-29H,5-6,9-12,14-16H2,1-4H3/t17-,19+,20+,21+,22-,23+,25?/m0/s1. The first kappa shape index (κ1) is 26.0. The highest BCUT2D eigenvalue weighted by atomic mass is 16.6. The normalized spacial score (nSPS) is 34.3. The van der Waals surface area contributed by atoms with Gasteiger partial charge >= 0.3 is 11.9 Å². The van der Waals surface area contributed by atoms with Crippen molar-refractivity contribution in [3.63, 3.8) is 0 Å². The lowest BCUT2D eigenvalue weighted by Gasteiger charge is -2.44. The van der Waals surface area contributed by atoms with Crippen molar-refractivity contribution < 1.29 is 29.3 Å². The molecule has 0 amide bonds. The number of rotatable bonds is 9. The second-order valence-corrected chi connectivity index (χ2v) is 10.7. The summed E-state index contributed by atoms with van der Waals surface area (Å²) in [5.74, 6) is -0.0166. The molecule has 6 nitrogen and oxygen atoms in total. The molecule has 33 heavy (non-hydrogen) atoms. The van der Waals surface area contributed by atoms with E-state index in [0.717, 1.165) is 37.7 Å². The number of cyclic esters (lactones) is 1. The monoisotopic (exact) mass is 462 g/mol. The molecule has 0 aromatic rings. The number of hydrogen-bond donors (Lipinski definition) is 2. The molecule has 186 valence electrons. The Morgan fingerprint density at radius 2 is 1.88 bits per heavy atom. The molecule has 1 saturated heterocycles. The van der Waals surface area contributed by atoms with Gasteiger partial charge in [-0.15, -0.1) is 0 Å². The second-order valence-electron chi connectivity index (χ2n) is 10.7. The van der Waals surface area contributed by atoms with Crippen LogP contribution in [0.25, 0.3) is 0 Å². The predicted octanol–water partition coefficient (Wildman–Crippen LogP) is 4.48. The Balaban J connectivity index is 1.77. The van der Waals surface area contributed by atoms with Gasteiger partial charge in [0.25, 0.3) is 0 Å². The van der Waals surface area contributed by atoms with Crippen LogP contribution in [0.5, 0.6) is 0 Å². The third kappa shape index (κ3) is 6.27. The molecule has 1 unspecified atom stereocenters.